The van der Waals surface area contributed by atoms with Crippen LogP contribution in [0.25, 0.3) is 0 Å². The van der Waals surface area contributed by atoms with Crippen LogP contribution in [0, 0.1) is 0 Å². The Morgan fingerprint density at radius 1 is 1.03 bits per heavy atom. The van der Waals surface area contributed by atoms with Gasteiger partial charge in [0.05, 0.1) is 37.1 Å². The summed E-state index contributed by atoms with van der Waals surface area (Å²) in [5.74, 6) is 1.23. The maximum absolute atomic E-state index is 12.5. The summed E-state index contributed by atoms with van der Waals surface area (Å²) in [6.45, 7) is 6.40. The second-order valence-corrected chi connectivity index (χ2v) is 8.86. The third kappa shape index (κ3) is 5.59. The standard InChI is InChI=1S/C27H34N2O5/c1-3-13-28(2)15-18-34-25-12-17-33-24-11-10-20(19-23(24)25)32-16-7-6-14-29-26(30)21-8-4-5-9-22(21)27(29)31/h4-5,8-11,19,25H,3,6-7,12-18H2,1-2H3/t25-/m0/s1. The number of imide groups is 1. The van der Waals surface area contributed by atoms with Crippen LogP contribution >= 0.6 is 0 Å². The van der Waals surface area contributed by atoms with E-state index < -0.39 is 0 Å². The van der Waals surface area contributed by atoms with Gasteiger partial charge in [0.25, 0.3) is 11.8 Å². The summed E-state index contributed by atoms with van der Waals surface area (Å²) in [5.41, 5.74) is 2.02. The van der Waals surface area contributed by atoms with Crippen molar-refractivity contribution in [2.75, 3.05) is 46.5 Å². The number of ether oxygens (including phenoxy) is 3. The molecule has 34 heavy (non-hydrogen) atoms. The number of unbranched alkanes of at least 4 members (excludes halogenated alkanes) is 1. The van der Waals surface area contributed by atoms with Crippen molar-refractivity contribution in [3.05, 3.63) is 59.2 Å². The van der Waals surface area contributed by atoms with E-state index >= 15 is 0 Å². The molecule has 0 saturated heterocycles. The van der Waals surface area contributed by atoms with Crippen molar-refractivity contribution < 1.29 is 23.8 Å². The molecule has 2 amide bonds. The number of rotatable bonds is 12. The van der Waals surface area contributed by atoms with Crippen molar-refractivity contribution in [2.24, 2.45) is 0 Å². The van der Waals surface area contributed by atoms with Crippen molar-refractivity contribution >= 4 is 11.8 Å². The molecule has 0 fully saturated rings. The molecule has 7 heteroatoms. The van der Waals surface area contributed by atoms with Gasteiger partial charge in [-0.05, 0) is 63.2 Å². The van der Waals surface area contributed by atoms with E-state index in [9.17, 15) is 9.59 Å². The number of fused-ring (bicyclic) bond motifs is 2. The lowest BCUT2D eigenvalue weighted by Gasteiger charge is -2.27. The summed E-state index contributed by atoms with van der Waals surface area (Å²) in [6.07, 6.45) is 3.40. The first-order valence-electron chi connectivity index (χ1n) is 12.2. The number of carbonyl (C=O) groups excluding carboxylic acids is 2. The van der Waals surface area contributed by atoms with E-state index in [1.54, 1.807) is 24.3 Å². The maximum atomic E-state index is 12.5. The first-order chi connectivity index (χ1) is 16.6. The number of likely N-dealkylation sites (N-methyl/N-ethyl adjacent to an activating group) is 1. The Kier molecular flexibility index (Phi) is 8.19. The molecule has 2 heterocycles. The van der Waals surface area contributed by atoms with Crippen LogP contribution < -0.4 is 9.47 Å². The first-order valence-corrected chi connectivity index (χ1v) is 12.2. The minimum Gasteiger partial charge on any atom is -0.494 e. The lowest BCUT2D eigenvalue weighted by Crippen LogP contribution is -2.30. The van der Waals surface area contributed by atoms with Crippen molar-refractivity contribution in [1.29, 1.82) is 0 Å². The third-order valence-corrected chi connectivity index (χ3v) is 6.29. The van der Waals surface area contributed by atoms with Gasteiger partial charge in [0.15, 0.2) is 0 Å². The Bertz CT molecular complexity index is 973. The quantitative estimate of drug-likeness (QED) is 0.343. The van der Waals surface area contributed by atoms with Crippen molar-refractivity contribution in [2.45, 2.75) is 38.7 Å². The van der Waals surface area contributed by atoms with Crippen LogP contribution in [0.15, 0.2) is 42.5 Å². The minimum absolute atomic E-state index is 0.0103. The van der Waals surface area contributed by atoms with E-state index in [0.29, 0.717) is 43.9 Å². The zero-order valence-electron chi connectivity index (χ0n) is 20.1. The van der Waals surface area contributed by atoms with E-state index in [4.69, 9.17) is 14.2 Å². The largest absolute Gasteiger partial charge is 0.494 e. The third-order valence-electron chi connectivity index (χ3n) is 6.29. The molecule has 2 aliphatic heterocycles. The molecule has 2 aromatic carbocycles. The van der Waals surface area contributed by atoms with Crippen molar-refractivity contribution in [1.82, 2.24) is 9.80 Å². The fraction of sp³-hybridized carbons (Fsp3) is 0.481. The number of hydrogen-bond donors (Lipinski definition) is 0. The Hall–Kier alpha value is -2.90. The van der Waals surface area contributed by atoms with E-state index in [-0.39, 0.29) is 17.9 Å². The molecule has 1 atom stereocenters. The van der Waals surface area contributed by atoms with Crippen LogP contribution in [0.4, 0.5) is 0 Å². The van der Waals surface area contributed by atoms with Crippen LogP contribution in [0.5, 0.6) is 11.5 Å². The smallest absolute Gasteiger partial charge is 0.261 e. The highest BCUT2D eigenvalue weighted by Gasteiger charge is 2.34. The molecule has 0 aliphatic carbocycles. The number of amides is 2. The molecule has 2 aliphatic rings. The van der Waals surface area contributed by atoms with E-state index in [2.05, 4.69) is 18.9 Å². The fourth-order valence-electron chi connectivity index (χ4n) is 4.45. The van der Waals surface area contributed by atoms with E-state index in [1.165, 1.54) is 4.90 Å². The molecule has 0 saturated carbocycles. The molecule has 0 N–H and O–H groups in total. The van der Waals surface area contributed by atoms with Gasteiger partial charge in [0.1, 0.15) is 11.5 Å². The van der Waals surface area contributed by atoms with Gasteiger partial charge >= 0.3 is 0 Å². The molecule has 0 spiro atoms. The summed E-state index contributed by atoms with van der Waals surface area (Å²) in [7, 11) is 2.12. The van der Waals surface area contributed by atoms with Crippen molar-refractivity contribution in [3.63, 3.8) is 0 Å². The van der Waals surface area contributed by atoms with Crippen molar-refractivity contribution in [3.8, 4) is 11.5 Å². The molecular weight excluding hydrogens is 432 g/mol. The van der Waals surface area contributed by atoms with Gasteiger partial charge in [-0.15, -0.1) is 0 Å². The van der Waals surface area contributed by atoms with Crippen LogP contribution in [0.3, 0.4) is 0 Å². The summed E-state index contributed by atoms with van der Waals surface area (Å²) < 4.78 is 18.0. The predicted molar refractivity (Wildman–Crippen MR) is 130 cm³/mol. The summed E-state index contributed by atoms with van der Waals surface area (Å²) in [5, 5.41) is 0. The maximum Gasteiger partial charge on any atom is 0.261 e. The highest BCUT2D eigenvalue weighted by Crippen LogP contribution is 2.37. The Morgan fingerprint density at radius 3 is 2.53 bits per heavy atom. The zero-order chi connectivity index (χ0) is 23.9. The average Bonchev–Trinajstić information content (AvgIpc) is 3.09. The molecule has 0 bridgehead atoms. The molecule has 4 rings (SSSR count). The monoisotopic (exact) mass is 466 g/mol. The highest BCUT2D eigenvalue weighted by molar-refractivity contribution is 6.21. The lowest BCUT2D eigenvalue weighted by atomic mass is 10.0. The lowest BCUT2D eigenvalue weighted by molar-refractivity contribution is 0.0150. The second kappa shape index (κ2) is 11.5. The molecule has 0 aromatic heterocycles. The van der Waals surface area contributed by atoms with E-state index in [1.807, 2.05) is 18.2 Å². The van der Waals surface area contributed by atoms with Gasteiger partial charge in [-0.1, -0.05) is 19.1 Å². The number of carbonyl (C=O) groups is 2. The Balaban J connectivity index is 1.24. The van der Waals surface area contributed by atoms with Gasteiger partial charge < -0.3 is 19.1 Å². The highest BCUT2D eigenvalue weighted by atomic mass is 16.5. The summed E-state index contributed by atoms with van der Waals surface area (Å²) >= 11 is 0. The van der Waals surface area contributed by atoms with Gasteiger partial charge in [0.2, 0.25) is 0 Å². The SMILES string of the molecule is CCCN(C)CCO[C@H]1CCOc2ccc(OCCCCN3C(=O)c4ccccc4C3=O)cc21. The van der Waals surface area contributed by atoms with Crippen LogP contribution in [-0.2, 0) is 4.74 Å². The van der Waals surface area contributed by atoms with Gasteiger partial charge in [0, 0.05) is 25.1 Å². The van der Waals surface area contributed by atoms with Gasteiger partial charge in [-0.3, -0.25) is 14.5 Å². The molecule has 0 radical (unpaired) electrons. The number of benzene rings is 2. The van der Waals surface area contributed by atoms with Gasteiger partial charge in [-0.25, -0.2) is 0 Å². The molecule has 7 nitrogen and oxygen atoms in total. The molecule has 0 unspecified atom stereocenters. The van der Waals surface area contributed by atoms with E-state index in [0.717, 1.165) is 49.4 Å². The Labute approximate surface area is 201 Å². The first kappa shape index (κ1) is 24.2. The van der Waals surface area contributed by atoms with Crippen LogP contribution in [0.2, 0.25) is 0 Å². The van der Waals surface area contributed by atoms with Crippen LogP contribution in [-0.4, -0.2) is 68.1 Å². The fourth-order valence-corrected chi connectivity index (χ4v) is 4.45. The Morgan fingerprint density at radius 2 is 1.79 bits per heavy atom. The predicted octanol–water partition coefficient (Wildman–Crippen LogP) is 4.32. The summed E-state index contributed by atoms with van der Waals surface area (Å²) in [4.78, 5) is 28.5. The minimum atomic E-state index is -0.205. The molecule has 2 aromatic rings. The van der Waals surface area contributed by atoms with Crippen LogP contribution in [0.1, 0.15) is 65.0 Å². The average molecular weight is 467 g/mol. The topological polar surface area (TPSA) is 68.3 Å². The number of nitrogens with zero attached hydrogens (tertiary/aromatic N) is 2. The second-order valence-electron chi connectivity index (χ2n) is 8.86. The zero-order valence-corrected chi connectivity index (χ0v) is 20.1. The normalized spacial score (nSPS) is 17.0. The number of hydrogen-bond acceptors (Lipinski definition) is 6. The molecule has 182 valence electrons. The molecular formula is C27H34N2O5. The van der Waals surface area contributed by atoms with Gasteiger partial charge in [-0.2, -0.15) is 0 Å². The summed E-state index contributed by atoms with van der Waals surface area (Å²) in [6, 6.07) is 12.9.